The van der Waals surface area contributed by atoms with Crippen LogP contribution in [0.4, 0.5) is 5.13 Å². The first-order valence-corrected chi connectivity index (χ1v) is 9.06. The van der Waals surface area contributed by atoms with Crippen molar-refractivity contribution in [2.45, 2.75) is 17.3 Å². The van der Waals surface area contributed by atoms with Gasteiger partial charge in [-0.2, -0.15) is 0 Å². The first-order chi connectivity index (χ1) is 12.1. The lowest BCUT2D eigenvalue weighted by Crippen LogP contribution is -2.22. The Morgan fingerprint density at radius 2 is 2.12 bits per heavy atom. The lowest BCUT2D eigenvalue weighted by molar-refractivity contribution is -0.115. The Labute approximate surface area is 152 Å². The number of amides is 1. The highest BCUT2D eigenvalue weighted by Gasteiger charge is 2.19. The molecule has 1 atom stereocenters. The molecule has 0 saturated carbocycles. The SMILES string of the molecule is COc1ccccc1-c1nnc(NC(=O)[C@H](C)Sc2nncn2C)s1. The zero-order valence-electron chi connectivity index (χ0n) is 13.8. The van der Waals surface area contributed by atoms with Crippen LogP contribution in [0.25, 0.3) is 10.6 Å². The molecule has 8 nitrogen and oxygen atoms in total. The van der Waals surface area contributed by atoms with Crippen molar-refractivity contribution in [2.24, 2.45) is 7.05 Å². The average molecular weight is 376 g/mol. The van der Waals surface area contributed by atoms with Gasteiger partial charge in [-0.15, -0.1) is 20.4 Å². The van der Waals surface area contributed by atoms with E-state index in [1.165, 1.54) is 23.1 Å². The largest absolute Gasteiger partial charge is 0.496 e. The third kappa shape index (κ3) is 3.97. The smallest absolute Gasteiger partial charge is 0.239 e. The molecule has 130 valence electrons. The maximum Gasteiger partial charge on any atom is 0.239 e. The van der Waals surface area contributed by atoms with E-state index in [1.54, 1.807) is 24.9 Å². The Bertz CT molecular complexity index is 878. The minimum Gasteiger partial charge on any atom is -0.496 e. The standard InChI is InChI=1S/C15H16N6O2S2/c1-9(24-15-20-16-8-21(15)2)12(22)17-14-19-18-13(25-14)10-6-4-5-7-11(10)23-3/h4-9H,1-3H3,(H,17,19,22)/t9-/m0/s1. The molecule has 1 aromatic carbocycles. The summed E-state index contributed by atoms with van der Waals surface area (Å²) in [4.78, 5) is 12.3. The van der Waals surface area contributed by atoms with Gasteiger partial charge in [0.15, 0.2) is 10.2 Å². The highest BCUT2D eigenvalue weighted by molar-refractivity contribution is 8.00. The number of aromatic nitrogens is 5. The van der Waals surface area contributed by atoms with Crippen molar-refractivity contribution in [3.63, 3.8) is 0 Å². The summed E-state index contributed by atoms with van der Waals surface area (Å²) in [7, 11) is 3.44. The predicted molar refractivity (Wildman–Crippen MR) is 96.8 cm³/mol. The van der Waals surface area contributed by atoms with Crippen LogP contribution in [0.1, 0.15) is 6.92 Å². The number of anilines is 1. The zero-order chi connectivity index (χ0) is 17.8. The number of aryl methyl sites for hydroxylation is 1. The minimum absolute atomic E-state index is 0.171. The van der Waals surface area contributed by atoms with Gasteiger partial charge in [0.2, 0.25) is 11.0 Å². The lowest BCUT2D eigenvalue weighted by Gasteiger charge is -2.08. The Morgan fingerprint density at radius 1 is 1.32 bits per heavy atom. The summed E-state index contributed by atoms with van der Waals surface area (Å²) < 4.78 is 7.09. The number of methoxy groups -OCH3 is 1. The number of ether oxygens (including phenoxy) is 1. The van der Waals surface area contributed by atoms with Gasteiger partial charge in [-0.1, -0.05) is 35.2 Å². The van der Waals surface area contributed by atoms with E-state index in [2.05, 4.69) is 25.7 Å². The van der Waals surface area contributed by atoms with Gasteiger partial charge in [-0.05, 0) is 19.1 Å². The van der Waals surface area contributed by atoms with Crippen molar-refractivity contribution in [1.82, 2.24) is 25.0 Å². The Kier molecular flexibility index (Phi) is 5.29. The molecule has 1 amide bonds. The van der Waals surface area contributed by atoms with Gasteiger partial charge in [0.05, 0.1) is 17.9 Å². The lowest BCUT2D eigenvalue weighted by atomic mass is 10.2. The number of nitrogens with zero attached hydrogens (tertiary/aromatic N) is 5. The summed E-state index contributed by atoms with van der Waals surface area (Å²) in [6.07, 6.45) is 1.59. The number of para-hydroxylation sites is 1. The molecule has 2 heterocycles. The molecule has 0 bridgehead atoms. The highest BCUT2D eigenvalue weighted by Crippen LogP contribution is 2.33. The number of rotatable bonds is 6. The van der Waals surface area contributed by atoms with Crippen LogP contribution in [-0.4, -0.2) is 43.2 Å². The summed E-state index contributed by atoms with van der Waals surface area (Å²) in [5.74, 6) is 0.540. The van der Waals surface area contributed by atoms with Crippen molar-refractivity contribution in [3.8, 4) is 16.3 Å². The third-order valence-corrected chi connectivity index (χ3v) is 5.33. The van der Waals surface area contributed by atoms with Gasteiger partial charge in [-0.25, -0.2) is 0 Å². The monoisotopic (exact) mass is 376 g/mol. The molecule has 0 unspecified atom stereocenters. The third-order valence-electron chi connectivity index (χ3n) is 3.31. The van der Waals surface area contributed by atoms with Crippen LogP contribution in [0.2, 0.25) is 0 Å². The number of thioether (sulfide) groups is 1. The van der Waals surface area contributed by atoms with Crippen LogP contribution in [0.5, 0.6) is 5.75 Å². The molecule has 3 aromatic rings. The number of carbonyl (C=O) groups is 1. The molecule has 0 saturated heterocycles. The molecular formula is C15H16N6O2S2. The summed E-state index contributed by atoms with van der Waals surface area (Å²) in [6.45, 7) is 1.80. The van der Waals surface area contributed by atoms with Crippen LogP contribution in [0.3, 0.4) is 0 Å². The molecular weight excluding hydrogens is 360 g/mol. The van der Waals surface area contributed by atoms with Crippen molar-refractivity contribution >= 4 is 34.1 Å². The number of carbonyl (C=O) groups excluding carboxylic acids is 1. The molecule has 0 spiro atoms. The van der Waals surface area contributed by atoms with Gasteiger partial charge in [0.1, 0.15) is 12.1 Å². The van der Waals surface area contributed by atoms with Gasteiger partial charge >= 0.3 is 0 Å². The number of hydrogen-bond donors (Lipinski definition) is 1. The molecule has 1 N–H and O–H groups in total. The van der Waals surface area contributed by atoms with E-state index in [9.17, 15) is 4.79 Å². The minimum atomic E-state index is -0.346. The quantitative estimate of drug-likeness (QED) is 0.660. The fourth-order valence-electron chi connectivity index (χ4n) is 2.00. The molecule has 25 heavy (non-hydrogen) atoms. The normalized spacial score (nSPS) is 12.0. The van der Waals surface area contributed by atoms with Gasteiger partial charge in [0.25, 0.3) is 0 Å². The maximum atomic E-state index is 12.3. The van der Waals surface area contributed by atoms with E-state index in [0.717, 1.165) is 5.56 Å². The second-order valence-electron chi connectivity index (χ2n) is 5.09. The molecule has 2 aromatic heterocycles. The van der Waals surface area contributed by atoms with E-state index in [1.807, 2.05) is 31.3 Å². The Hall–Kier alpha value is -2.46. The van der Waals surface area contributed by atoms with E-state index in [-0.39, 0.29) is 11.2 Å². The van der Waals surface area contributed by atoms with Crippen molar-refractivity contribution in [1.29, 1.82) is 0 Å². The van der Waals surface area contributed by atoms with E-state index >= 15 is 0 Å². The molecule has 10 heteroatoms. The molecule has 0 aliphatic rings. The van der Waals surface area contributed by atoms with Crippen LogP contribution in [0, 0.1) is 0 Å². The van der Waals surface area contributed by atoms with Gasteiger partial charge in [-0.3, -0.25) is 10.1 Å². The van der Waals surface area contributed by atoms with Crippen molar-refractivity contribution in [2.75, 3.05) is 12.4 Å². The fourth-order valence-corrected chi connectivity index (χ4v) is 3.57. The first kappa shape index (κ1) is 17.4. The van der Waals surface area contributed by atoms with Crippen molar-refractivity contribution < 1.29 is 9.53 Å². The Balaban J connectivity index is 1.68. The van der Waals surface area contributed by atoms with Gasteiger partial charge in [0, 0.05) is 7.05 Å². The van der Waals surface area contributed by atoms with Crippen LogP contribution >= 0.6 is 23.1 Å². The Morgan fingerprint density at radius 3 is 2.84 bits per heavy atom. The molecule has 0 radical (unpaired) electrons. The van der Waals surface area contributed by atoms with Crippen LogP contribution in [-0.2, 0) is 11.8 Å². The fraction of sp³-hybridized carbons (Fsp3) is 0.267. The summed E-state index contributed by atoms with van der Waals surface area (Å²) in [6, 6.07) is 7.54. The summed E-state index contributed by atoms with van der Waals surface area (Å²) in [5.41, 5.74) is 0.838. The summed E-state index contributed by atoms with van der Waals surface area (Å²) >= 11 is 2.62. The van der Waals surface area contributed by atoms with Crippen molar-refractivity contribution in [3.05, 3.63) is 30.6 Å². The predicted octanol–water partition coefficient (Wildman–Crippen LogP) is 2.46. The number of benzene rings is 1. The first-order valence-electron chi connectivity index (χ1n) is 7.37. The average Bonchev–Trinajstić information content (AvgIpc) is 3.24. The second kappa shape index (κ2) is 7.62. The summed E-state index contributed by atoms with van der Waals surface area (Å²) in [5, 5.41) is 20.2. The maximum absolute atomic E-state index is 12.3. The van der Waals surface area contributed by atoms with E-state index < -0.39 is 0 Å². The highest BCUT2D eigenvalue weighted by atomic mass is 32.2. The van der Waals surface area contributed by atoms with Gasteiger partial charge < -0.3 is 9.30 Å². The topological polar surface area (TPSA) is 94.8 Å². The number of hydrogen-bond acceptors (Lipinski definition) is 8. The molecule has 3 rings (SSSR count). The second-order valence-corrected chi connectivity index (χ2v) is 7.37. The molecule has 0 aliphatic heterocycles. The van der Waals surface area contributed by atoms with E-state index in [4.69, 9.17) is 4.74 Å². The van der Waals surface area contributed by atoms with Crippen LogP contribution in [0.15, 0.2) is 35.7 Å². The molecule has 0 fully saturated rings. The van der Waals surface area contributed by atoms with Crippen LogP contribution < -0.4 is 10.1 Å². The zero-order valence-corrected chi connectivity index (χ0v) is 15.5. The number of nitrogens with one attached hydrogen (secondary N) is 1. The van der Waals surface area contributed by atoms with E-state index in [0.29, 0.717) is 21.0 Å². The molecule has 0 aliphatic carbocycles.